The zero-order valence-corrected chi connectivity index (χ0v) is 23.7. The highest BCUT2D eigenvalue weighted by atomic mass is 35.5. The minimum atomic E-state index is -0.519. The highest BCUT2D eigenvalue weighted by Crippen LogP contribution is 2.24. The van der Waals surface area contributed by atoms with Crippen molar-refractivity contribution in [3.63, 3.8) is 0 Å². The predicted molar refractivity (Wildman–Crippen MR) is 163 cm³/mol. The molecule has 3 N–H and O–H groups in total. The molecule has 10 heteroatoms. The van der Waals surface area contributed by atoms with Crippen molar-refractivity contribution in [3.05, 3.63) is 119 Å². The smallest absolute Gasteiger partial charge is 0.272 e. The number of hydrogen-bond acceptors (Lipinski definition) is 6. The van der Waals surface area contributed by atoms with Crippen LogP contribution in [0.5, 0.6) is 5.75 Å². The van der Waals surface area contributed by atoms with E-state index in [1.807, 2.05) is 31.2 Å². The number of nitrogens with zero attached hydrogens (tertiary/aromatic N) is 1. The molecule has 1 aromatic heterocycles. The summed E-state index contributed by atoms with van der Waals surface area (Å²) >= 11 is 7.13. The molecule has 0 saturated carbocycles. The lowest BCUT2D eigenvalue weighted by atomic mass is 10.1. The normalized spacial score (nSPS) is 10.9. The van der Waals surface area contributed by atoms with Gasteiger partial charge in [-0.1, -0.05) is 54.1 Å². The number of rotatable bonds is 11. The van der Waals surface area contributed by atoms with Gasteiger partial charge in [0.15, 0.2) is 0 Å². The van der Waals surface area contributed by atoms with E-state index >= 15 is 0 Å². The van der Waals surface area contributed by atoms with Gasteiger partial charge >= 0.3 is 0 Å². The number of hydrogen-bond donors (Lipinski definition) is 3. The molecule has 0 aliphatic rings. The van der Waals surface area contributed by atoms with Crippen LogP contribution in [0, 0.1) is 0 Å². The van der Waals surface area contributed by atoms with E-state index in [2.05, 4.69) is 20.9 Å². The van der Waals surface area contributed by atoms with Crippen LogP contribution in [0.15, 0.2) is 108 Å². The van der Waals surface area contributed by atoms with Gasteiger partial charge in [-0.2, -0.15) is 0 Å². The van der Waals surface area contributed by atoms with Crippen molar-refractivity contribution in [1.29, 1.82) is 0 Å². The largest absolute Gasteiger partial charge is 0.493 e. The first-order valence-corrected chi connectivity index (χ1v) is 14.0. The van der Waals surface area contributed by atoms with Crippen LogP contribution in [-0.2, 0) is 9.59 Å². The van der Waals surface area contributed by atoms with Crippen molar-refractivity contribution in [2.45, 2.75) is 11.8 Å². The molecule has 3 aromatic carbocycles. The molecular weight excluding hydrogens is 560 g/mol. The topological polar surface area (TPSA) is 109 Å². The van der Waals surface area contributed by atoms with E-state index in [-0.39, 0.29) is 17.4 Å². The molecule has 208 valence electrons. The van der Waals surface area contributed by atoms with E-state index in [9.17, 15) is 14.4 Å². The van der Waals surface area contributed by atoms with Crippen LogP contribution in [0.2, 0.25) is 5.02 Å². The predicted octanol–water partition coefficient (Wildman–Crippen LogP) is 6.27. The van der Waals surface area contributed by atoms with E-state index < -0.39 is 11.8 Å². The first-order chi connectivity index (χ1) is 19.9. The molecule has 0 atom stereocenters. The number of carbonyl (C=O) groups is 3. The molecule has 3 amide bonds. The van der Waals surface area contributed by atoms with Crippen molar-refractivity contribution in [2.75, 3.05) is 23.0 Å². The van der Waals surface area contributed by atoms with Crippen molar-refractivity contribution < 1.29 is 19.1 Å². The molecule has 0 spiro atoms. The molecule has 0 unspecified atom stereocenters. The molecule has 0 fully saturated rings. The minimum absolute atomic E-state index is 0.0407. The summed E-state index contributed by atoms with van der Waals surface area (Å²) in [6, 6.07) is 26.2. The second-order valence-electron chi connectivity index (χ2n) is 8.53. The van der Waals surface area contributed by atoms with Gasteiger partial charge in [0.2, 0.25) is 5.91 Å². The number of nitrogens with one attached hydrogen (secondary N) is 3. The summed E-state index contributed by atoms with van der Waals surface area (Å²) in [6.07, 6.45) is 3.03. The molecule has 0 aliphatic heterocycles. The molecule has 0 radical (unpaired) electrons. The first kappa shape index (κ1) is 29.4. The summed E-state index contributed by atoms with van der Waals surface area (Å²) in [7, 11) is 0. The number of benzene rings is 3. The number of pyridine rings is 1. The van der Waals surface area contributed by atoms with Crippen molar-refractivity contribution in [3.8, 4) is 5.75 Å². The fourth-order valence-corrected chi connectivity index (χ4v) is 4.49. The molecule has 0 aliphatic carbocycles. The van der Waals surface area contributed by atoms with Crippen molar-refractivity contribution >= 4 is 58.7 Å². The van der Waals surface area contributed by atoms with E-state index in [0.717, 1.165) is 4.90 Å². The highest BCUT2D eigenvalue weighted by molar-refractivity contribution is 8.00. The van der Waals surface area contributed by atoms with E-state index in [1.165, 1.54) is 18.0 Å². The third-order valence-electron chi connectivity index (χ3n) is 5.50. The number of ether oxygens (including phenoxy) is 1. The Morgan fingerprint density at radius 3 is 2.46 bits per heavy atom. The SMILES string of the molecule is CCOc1ccccc1/C=C(/NC(=O)c1ccccc1)C(=O)Nc1cccc(SCC(=O)Nc2ccc(Cl)cn2)c1. The van der Waals surface area contributed by atoms with Crippen LogP contribution in [0.4, 0.5) is 11.5 Å². The molecule has 1 heterocycles. The van der Waals surface area contributed by atoms with Gasteiger partial charge in [-0.3, -0.25) is 14.4 Å². The zero-order chi connectivity index (χ0) is 29.0. The van der Waals surface area contributed by atoms with Gasteiger partial charge in [-0.15, -0.1) is 11.8 Å². The van der Waals surface area contributed by atoms with Crippen LogP contribution < -0.4 is 20.7 Å². The Morgan fingerprint density at radius 2 is 1.71 bits per heavy atom. The second kappa shape index (κ2) is 14.7. The van der Waals surface area contributed by atoms with Gasteiger partial charge in [-0.05, 0) is 61.5 Å². The summed E-state index contributed by atoms with van der Waals surface area (Å²) < 4.78 is 5.70. The molecule has 4 aromatic rings. The number of para-hydroxylation sites is 1. The minimum Gasteiger partial charge on any atom is -0.493 e. The number of anilines is 2. The lowest BCUT2D eigenvalue weighted by Crippen LogP contribution is -2.30. The first-order valence-electron chi connectivity index (χ1n) is 12.7. The van der Waals surface area contributed by atoms with E-state index in [1.54, 1.807) is 72.8 Å². The maximum Gasteiger partial charge on any atom is 0.272 e. The van der Waals surface area contributed by atoms with Gasteiger partial charge in [0, 0.05) is 27.9 Å². The Labute approximate surface area is 247 Å². The molecule has 8 nitrogen and oxygen atoms in total. The molecular formula is C31H27ClN4O4S. The number of thioether (sulfide) groups is 1. The van der Waals surface area contributed by atoms with Gasteiger partial charge in [0.05, 0.1) is 17.4 Å². The van der Waals surface area contributed by atoms with Crippen molar-refractivity contribution in [2.24, 2.45) is 0 Å². The van der Waals surface area contributed by atoms with Gasteiger partial charge < -0.3 is 20.7 Å². The number of halogens is 1. The maximum atomic E-state index is 13.4. The molecule has 0 bridgehead atoms. The summed E-state index contributed by atoms with van der Waals surface area (Å²) in [5.41, 5.74) is 1.59. The monoisotopic (exact) mass is 586 g/mol. The van der Waals surface area contributed by atoms with Crippen LogP contribution in [0.25, 0.3) is 6.08 Å². The Bertz CT molecular complexity index is 1550. The molecule has 0 saturated heterocycles. The van der Waals surface area contributed by atoms with Gasteiger partial charge in [0.1, 0.15) is 17.3 Å². The van der Waals surface area contributed by atoms with E-state index in [4.69, 9.17) is 16.3 Å². The Balaban J connectivity index is 1.48. The summed E-state index contributed by atoms with van der Waals surface area (Å²) in [5, 5.41) is 8.77. The Hall–Kier alpha value is -4.60. The Kier molecular flexibility index (Phi) is 10.5. The number of aromatic nitrogens is 1. The molecule has 41 heavy (non-hydrogen) atoms. The average Bonchev–Trinajstić information content (AvgIpc) is 2.98. The summed E-state index contributed by atoms with van der Waals surface area (Å²) in [5.74, 6) is -0.0564. The zero-order valence-electron chi connectivity index (χ0n) is 22.1. The average molecular weight is 587 g/mol. The van der Waals surface area contributed by atoms with Crippen LogP contribution in [0.1, 0.15) is 22.8 Å². The third kappa shape index (κ3) is 8.96. The fourth-order valence-electron chi connectivity index (χ4n) is 3.62. The quantitative estimate of drug-likeness (QED) is 0.141. The van der Waals surface area contributed by atoms with Crippen LogP contribution in [-0.4, -0.2) is 35.1 Å². The Morgan fingerprint density at radius 1 is 0.927 bits per heavy atom. The number of carbonyl (C=O) groups excluding carboxylic acids is 3. The lowest BCUT2D eigenvalue weighted by Gasteiger charge is -2.13. The highest BCUT2D eigenvalue weighted by Gasteiger charge is 2.16. The third-order valence-corrected chi connectivity index (χ3v) is 6.72. The molecule has 4 rings (SSSR count). The van der Waals surface area contributed by atoms with Crippen LogP contribution >= 0.6 is 23.4 Å². The summed E-state index contributed by atoms with van der Waals surface area (Å²) in [6.45, 7) is 2.32. The van der Waals surface area contributed by atoms with Gasteiger partial charge in [0.25, 0.3) is 11.8 Å². The standard InChI is InChI=1S/C31H27ClN4O4S/c1-2-40-27-14-7-6-11-22(27)17-26(35-30(38)21-9-4-3-5-10-21)31(39)34-24-12-8-13-25(18-24)41-20-29(37)36-28-16-15-23(32)19-33-28/h3-19H,2,20H2,1H3,(H,34,39)(H,35,38)(H,33,36,37)/b26-17+. The fraction of sp³-hybridized carbons (Fsp3) is 0.0968. The van der Waals surface area contributed by atoms with Crippen molar-refractivity contribution in [1.82, 2.24) is 10.3 Å². The van der Waals surface area contributed by atoms with Gasteiger partial charge in [-0.25, -0.2) is 4.98 Å². The lowest BCUT2D eigenvalue weighted by molar-refractivity contribution is -0.114. The van der Waals surface area contributed by atoms with Crippen LogP contribution in [0.3, 0.4) is 0 Å². The van der Waals surface area contributed by atoms with E-state index in [0.29, 0.717) is 40.0 Å². The summed E-state index contributed by atoms with van der Waals surface area (Å²) in [4.78, 5) is 43.6. The number of amides is 3. The maximum absolute atomic E-state index is 13.4. The second-order valence-corrected chi connectivity index (χ2v) is 10.0.